The van der Waals surface area contributed by atoms with Crippen molar-refractivity contribution in [3.8, 4) is 16.9 Å². The molecule has 0 fully saturated rings. The summed E-state index contributed by atoms with van der Waals surface area (Å²) in [6.45, 7) is 2.56. The first-order valence-electron chi connectivity index (χ1n) is 6.92. The summed E-state index contributed by atoms with van der Waals surface area (Å²) >= 11 is 0. The molecule has 0 amide bonds. The molecule has 0 spiro atoms. The lowest BCUT2D eigenvalue weighted by atomic mass is 10.1. The van der Waals surface area contributed by atoms with E-state index in [1.165, 1.54) is 11.8 Å². The Morgan fingerprint density at radius 1 is 1.23 bits per heavy atom. The lowest BCUT2D eigenvalue weighted by Gasteiger charge is -2.09. The van der Waals surface area contributed by atoms with Crippen molar-refractivity contribution >= 4 is 5.97 Å². The summed E-state index contributed by atoms with van der Waals surface area (Å²) in [4.78, 5) is 24.6. The minimum Gasteiger partial charge on any atom is -0.465 e. The number of fused-ring (bicyclic) bond motifs is 1. The van der Waals surface area contributed by atoms with Crippen LogP contribution < -0.4 is 5.56 Å². The number of aryl methyl sites for hydroxylation is 1. The van der Waals surface area contributed by atoms with Crippen LogP contribution in [0, 0.1) is 0 Å². The number of rotatable bonds is 3. The highest BCUT2D eigenvalue weighted by molar-refractivity contribution is 5.96. The molecule has 112 valence electrons. The van der Waals surface area contributed by atoms with Crippen molar-refractivity contribution in [2.45, 2.75) is 13.5 Å². The standard InChI is InChI=1S/C16H15N3O3/c1-3-18-9-12-14(13(10-18)16(21)22-2)17-19(15(12)20)11-7-5-4-6-8-11/h4-10H,3H2,1-2H3. The van der Waals surface area contributed by atoms with E-state index in [0.717, 1.165) is 0 Å². The largest absolute Gasteiger partial charge is 0.465 e. The molecule has 0 saturated carbocycles. The first-order chi connectivity index (χ1) is 10.7. The maximum atomic E-state index is 12.6. The van der Waals surface area contributed by atoms with E-state index in [-0.39, 0.29) is 11.1 Å². The molecule has 6 heteroatoms. The van der Waals surface area contributed by atoms with Gasteiger partial charge in [-0.05, 0) is 19.1 Å². The van der Waals surface area contributed by atoms with Crippen molar-refractivity contribution in [1.29, 1.82) is 0 Å². The smallest absolute Gasteiger partial charge is 0.341 e. The van der Waals surface area contributed by atoms with E-state index in [2.05, 4.69) is 5.10 Å². The Balaban J connectivity index is 2.31. The second kappa shape index (κ2) is 5.48. The number of aromatic nitrogens is 3. The van der Waals surface area contributed by atoms with Crippen molar-refractivity contribution < 1.29 is 9.53 Å². The van der Waals surface area contributed by atoms with Crippen molar-refractivity contribution in [1.82, 2.24) is 14.3 Å². The first-order valence-corrected chi connectivity index (χ1v) is 6.92. The number of benzene rings is 1. The molecule has 2 heterocycles. The third kappa shape index (κ3) is 2.18. The number of hydrogen-bond donors (Lipinski definition) is 0. The van der Waals surface area contributed by atoms with E-state index < -0.39 is 5.97 Å². The zero-order valence-corrected chi connectivity index (χ0v) is 12.3. The van der Waals surface area contributed by atoms with Gasteiger partial charge < -0.3 is 9.30 Å². The predicted molar refractivity (Wildman–Crippen MR) is 81.5 cm³/mol. The SMILES string of the molecule is CCn1cc(C(=O)OC)c2nn(-c3ccccc3)c(=O)c-2c1. The monoisotopic (exact) mass is 297 g/mol. The second-order valence-corrected chi connectivity index (χ2v) is 4.81. The molecular weight excluding hydrogens is 282 g/mol. The summed E-state index contributed by atoms with van der Waals surface area (Å²) in [5.41, 5.74) is 1.43. The van der Waals surface area contributed by atoms with Gasteiger partial charge in [-0.1, -0.05) is 18.2 Å². The Morgan fingerprint density at radius 3 is 2.59 bits per heavy atom. The Bertz CT molecular complexity index is 849. The van der Waals surface area contributed by atoms with Gasteiger partial charge in [-0.25, -0.2) is 4.79 Å². The molecule has 1 aromatic carbocycles. The first kappa shape index (κ1) is 14.1. The van der Waals surface area contributed by atoms with E-state index in [4.69, 9.17) is 4.74 Å². The van der Waals surface area contributed by atoms with Crippen LogP contribution in [0.5, 0.6) is 0 Å². The number of pyridine rings is 1. The number of nitrogens with zero attached hydrogens (tertiary/aromatic N) is 3. The van der Waals surface area contributed by atoms with Crippen LogP contribution in [0.15, 0.2) is 47.5 Å². The zero-order valence-electron chi connectivity index (χ0n) is 12.3. The maximum Gasteiger partial charge on any atom is 0.341 e. The van der Waals surface area contributed by atoms with Crippen LogP contribution in [0.4, 0.5) is 0 Å². The van der Waals surface area contributed by atoms with Crippen molar-refractivity contribution in [3.63, 3.8) is 0 Å². The molecule has 2 aliphatic rings. The van der Waals surface area contributed by atoms with Gasteiger partial charge in [0.15, 0.2) is 0 Å². The number of carbonyl (C=O) groups is 1. The topological polar surface area (TPSA) is 66.1 Å². The molecule has 2 aliphatic heterocycles. The lowest BCUT2D eigenvalue weighted by Crippen LogP contribution is -2.15. The van der Waals surface area contributed by atoms with Gasteiger partial charge in [-0.2, -0.15) is 9.78 Å². The highest BCUT2D eigenvalue weighted by atomic mass is 16.5. The summed E-state index contributed by atoms with van der Waals surface area (Å²) in [6.07, 6.45) is 3.35. The van der Waals surface area contributed by atoms with Gasteiger partial charge in [0.2, 0.25) is 0 Å². The molecule has 0 saturated heterocycles. The minimum absolute atomic E-state index is 0.255. The molecule has 0 atom stereocenters. The third-order valence-electron chi connectivity index (χ3n) is 3.49. The molecule has 0 aromatic heterocycles. The van der Waals surface area contributed by atoms with Crippen molar-refractivity contribution in [3.05, 3.63) is 58.6 Å². The molecule has 3 rings (SSSR count). The van der Waals surface area contributed by atoms with E-state index in [0.29, 0.717) is 23.5 Å². The summed E-state index contributed by atoms with van der Waals surface area (Å²) in [5.74, 6) is -0.509. The highest BCUT2D eigenvalue weighted by Gasteiger charge is 2.24. The van der Waals surface area contributed by atoms with Crippen LogP contribution in [0.2, 0.25) is 0 Å². The van der Waals surface area contributed by atoms with Crippen LogP contribution in [-0.4, -0.2) is 27.4 Å². The predicted octanol–water partition coefficient (Wildman–Crippen LogP) is 1.95. The average Bonchev–Trinajstić information content (AvgIpc) is 2.91. The Labute approximate surface area is 126 Å². The molecular formula is C16H15N3O3. The fourth-order valence-corrected chi connectivity index (χ4v) is 2.35. The van der Waals surface area contributed by atoms with E-state index in [1.807, 2.05) is 25.1 Å². The molecule has 0 N–H and O–H groups in total. The van der Waals surface area contributed by atoms with Gasteiger partial charge in [-0.3, -0.25) is 4.79 Å². The fraction of sp³-hybridized carbons (Fsp3) is 0.188. The van der Waals surface area contributed by atoms with Gasteiger partial charge in [0.05, 0.1) is 18.4 Å². The summed E-state index contributed by atoms with van der Waals surface area (Å²) < 4.78 is 7.87. The minimum atomic E-state index is -0.509. The number of methoxy groups -OCH3 is 1. The normalized spacial score (nSPS) is 10.8. The molecule has 0 bridgehead atoms. The number of ether oxygens (including phenoxy) is 1. The van der Waals surface area contributed by atoms with E-state index in [9.17, 15) is 9.59 Å². The van der Waals surface area contributed by atoms with Crippen LogP contribution in [-0.2, 0) is 11.3 Å². The van der Waals surface area contributed by atoms with Crippen LogP contribution in [0.3, 0.4) is 0 Å². The van der Waals surface area contributed by atoms with Crippen molar-refractivity contribution in [2.24, 2.45) is 0 Å². The van der Waals surface area contributed by atoms with Gasteiger partial charge in [0, 0.05) is 18.9 Å². The third-order valence-corrected chi connectivity index (χ3v) is 3.49. The number of hydrogen-bond acceptors (Lipinski definition) is 4. The number of para-hydroxylation sites is 1. The van der Waals surface area contributed by atoms with Gasteiger partial charge in [0.1, 0.15) is 11.3 Å². The Morgan fingerprint density at radius 2 is 1.95 bits per heavy atom. The highest BCUT2D eigenvalue weighted by Crippen LogP contribution is 2.22. The van der Waals surface area contributed by atoms with Crippen LogP contribution >= 0.6 is 0 Å². The van der Waals surface area contributed by atoms with E-state index >= 15 is 0 Å². The maximum absolute atomic E-state index is 12.6. The zero-order chi connectivity index (χ0) is 15.7. The van der Waals surface area contributed by atoms with Gasteiger partial charge in [0.25, 0.3) is 5.56 Å². The summed E-state index contributed by atoms with van der Waals surface area (Å²) in [5, 5.41) is 4.32. The van der Waals surface area contributed by atoms with Crippen LogP contribution in [0.25, 0.3) is 16.9 Å². The quantitative estimate of drug-likeness (QED) is 0.693. The second-order valence-electron chi connectivity index (χ2n) is 4.81. The molecule has 0 radical (unpaired) electrons. The van der Waals surface area contributed by atoms with E-state index in [1.54, 1.807) is 29.1 Å². The Kier molecular flexibility index (Phi) is 3.50. The van der Waals surface area contributed by atoms with Gasteiger partial charge >= 0.3 is 5.97 Å². The average molecular weight is 297 g/mol. The fourth-order valence-electron chi connectivity index (χ4n) is 2.35. The molecule has 6 nitrogen and oxygen atoms in total. The molecule has 0 unspecified atom stereocenters. The summed E-state index contributed by atoms with van der Waals surface area (Å²) in [7, 11) is 1.31. The lowest BCUT2D eigenvalue weighted by molar-refractivity contribution is 0.0600. The molecule has 0 aliphatic carbocycles. The molecule has 22 heavy (non-hydrogen) atoms. The number of carbonyl (C=O) groups excluding carboxylic acids is 1. The van der Waals surface area contributed by atoms with Gasteiger partial charge in [-0.15, -0.1) is 0 Å². The van der Waals surface area contributed by atoms with Crippen molar-refractivity contribution in [2.75, 3.05) is 7.11 Å². The van der Waals surface area contributed by atoms with Crippen LogP contribution in [0.1, 0.15) is 17.3 Å². The molecule has 1 aromatic rings. The number of esters is 1. The summed E-state index contributed by atoms with van der Waals surface area (Å²) in [6, 6.07) is 9.10. The Hall–Kier alpha value is -2.89.